The van der Waals surface area contributed by atoms with Crippen LogP contribution in [0.4, 0.5) is 4.39 Å². The number of ether oxygens (including phenoxy) is 1. The second-order valence-electron chi connectivity index (χ2n) is 9.35. The predicted octanol–water partition coefficient (Wildman–Crippen LogP) is 3.67. The summed E-state index contributed by atoms with van der Waals surface area (Å²) < 4.78 is 23.1. The van der Waals surface area contributed by atoms with Crippen LogP contribution in [0.5, 0.6) is 11.8 Å². The van der Waals surface area contributed by atoms with E-state index in [0.29, 0.717) is 59.1 Å². The summed E-state index contributed by atoms with van der Waals surface area (Å²) in [7, 11) is 0. The van der Waals surface area contributed by atoms with Crippen molar-refractivity contribution in [3.05, 3.63) is 71.7 Å². The number of nitrogens with two attached hydrogens (primary N) is 1. The van der Waals surface area contributed by atoms with Gasteiger partial charge in [0.1, 0.15) is 28.9 Å². The van der Waals surface area contributed by atoms with Crippen molar-refractivity contribution < 1.29 is 13.9 Å². The minimum absolute atomic E-state index is 0.202. The van der Waals surface area contributed by atoms with Gasteiger partial charge in [0.2, 0.25) is 5.91 Å². The number of pyridine rings is 1. The molecule has 0 atom stereocenters. The Balaban J connectivity index is 1.36. The number of aromatic nitrogens is 5. The summed E-state index contributed by atoms with van der Waals surface area (Å²) in [6, 6.07) is 10.2. The molecule has 2 N–H and O–H groups in total. The number of carbonyl (C=O) groups is 1. The topological polar surface area (TPSA) is 115 Å². The number of carbonyl (C=O) groups excluding carboxylic acids is 1. The first kappa shape index (κ1) is 25.0. The van der Waals surface area contributed by atoms with Crippen LogP contribution in [-0.2, 0) is 4.79 Å². The average Bonchev–Trinajstić information content (AvgIpc) is 3.33. The van der Waals surface area contributed by atoms with E-state index in [9.17, 15) is 4.79 Å². The van der Waals surface area contributed by atoms with Crippen molar-refractivity contribution in [1.29, 1.82) is 0 Å². The van der Waals surface area contributed by atoms with Gasteiger partial charge in [-0.25, -0.2) is 24.0 Å². The van der Waals surface area contributed by atoms with Crippen molar-refractivity contribution in [2.75, 3.05) is 37.7 Å². The molecule has 3 aromatic heterocycles. The summed E-state index contributed by atoms with van der Waals surface area (Å²) in [5.41, 5.74) is 8.98. The second kappa shape index (κ2) is 10.1. The number of aryl methyl sites for hydroxylation is 1. The molecule has 10 nitrogen and oxygen atoms in total. The van der Waals surface area contributed by atoms with Crippen LogP contribution < -0.4 is 15.5 Å². The maximum Gasteiger partial charge on any atom is 0.322 e. The van der Waals surface area contributed by atoms with Crippen molar-refractivity contribution >= 4 is 39.4 Å². The molecule has 0 bridgehead atoms. The van der Waals surface area contributed by atoms with Crippen molar-refractivity contribution in [2.45, 2.75) is 6.92 Å². The minimum atomic E-state index is -0.446. The average molecular weight is 547 g/mol. The van der Waals surface area contributed by atoms with Gasteiger partial charge < -0.3 is 15.5 Å². The van der Waals surface area contributed by atoms with Crippen LogP contribution in [0.1, 0.15) is 5.69 Å². The number of fused-ring (bicyclic) bond motifs is 3. The first-order valence-electron chi connectivity index (χ1n) is 12.3. The summed E-state index contributed by atoms with van der Waals surface area (Å²) in [5, 5.41) is 3.20. The fourth-order valence-electron chi connectivity index (χ4n) is 4.81. The zero-order valence-corrected chi connectivity index (χ0v) is 21.8. The van der Waals surface area contributed by atoms with Crippen LogP contribution >= 0.6 is 11.6 Å². The van der Waals surface area contributed by atoms with Crippen molar-refractivity contribution in [1.82, 2.24) is 29.5 Å². The first-order valence-corrected chi connectivity index (χ1v) is 12.7. The van der Waals surface area contributed by atoms with E-state index in [-0.39, 0.29) is 18.5 Å². The fraction of sp³-hybridized carbons (Fsp3) is 0.222. The molecule has 0 aliphatic carbocycles. The molecule has 5 aromatic rings. The lowest BCUT2D eigenvalue weighted by atomic mass is 10.0. The van der Waals surface area contributed by atoms with Gasteiger partial charge in [-0.2, -0.15) is 0 Å². The van der Waals surface area contributed by atoms with E-state index in [1.54, 1.807) is 49.1 Å². The highest BCUT2D eigenvalue weighted by molar-refractivity contribution is 6.33. The molecular weight excluding hydrogens is 523 g/mol. The summed E-state index contributed by atoms with van der Waals surface area (Å²) in [6.07, 6.45) is 4.99. The van der Waals surface area contributed by atoms with Crippen LogP contribution in [0.3, 0.4) is 0 Å². The van der Waals surface area contributed by atoms with E-state index in [2.05, 4.69) is 24.9 Å². The van der Waals surface area contributed by atoms with Crippen LogP contribution in [0.2, 0.25) is 5.02 Å². The molecule has 1 fully saturated rings. The number of imidazole rings is 1. The summed E-state index contributed by atoms with van der Waals surface area (Å²) in [4.78, 5) is 30.6. The van der Waals surface area contributed by atoms with Crippen LogP contribution in [0, 0.1) is 12.7 Å². The minimum Gasteiger partial charge on any atom is -0.424 e. The molecule has 2 aromatic carbocycles. The Hall–Kier alpha value is -4.35. The van der Waals surface area contributed by atoms with Gasteiger partial charge in [0.15, 0.2) is 0 Å². The van der Waals surface area contributed by atoms with Crippen molar-refractivity contribution in [3.8, 4) is 22.9 Å². The molecule has 1 aliphatic rings. The first-order chi connectivity index (χ1) is 18.9. The quantitative estimate of drug-likeness (QED) is 0.343. The van der Waals surface area contributed by atoms with E-state index in [4.69, 9.17) is 22.1 Å². The van der Waals surface area contributed by atoms with Gasteiger partial charge in [0.05, 0.1) is 23.3 Å². The Morgan fingerprint density at radius 1 is 1.05 bits per heavy atom. The molecular formula is C27H24ClFN8O2. The van der Waals surface area contributed by atoms with E-state index in [0.717, 1.165) is 16.6 Å². The lowest BCUT2D eigenvalue weighted by Crippen LogP contribution is -2.52. The Morgan fingerprint density at radius 2 is 1.87 bits per heavy atom. The highest BCUT2D eigenvalue weighted by atomic mass is 35.5. The van der Waals surface area contributed by atoms with Gasteiger partial charge in [-0.05, 0) is 31.2 Å². The predicted molar refractivity (Wildman–Crippen MR) is 146 cm³/mol. The van der Waals surface area contributed by atoms with Crippen molar-refractivity contribution in [3.63, 3.8) is 0 Å². The van der Waals surface area contributed by atoms with E-state index < -0.39 is 5.82 Å². The zero-order chi connectivity index (χ0) is 27.1. The number of amides is 1. The number of primary amides is 1. The normalized spacial score (nSPS) is 14.3. The third-order valence-corrected chi connectivity index (χ3v) is 7.00. The molecule has 0 radical (unpaired) electrons. The molecule has 198 valence electrons. The third kappa shape index (κ3) is 4.93. The number of piperazine rings is 1. The van der Waals surface area contributed by atoms with Gasteiger partial charge >= 0.3 is 6.01 Å². The Bertz CT molecular complexity index is 1720. The molecule has 12 heteroatoms. The standard InChI is InChI=1S/C27H24ClFN8O2/c1-16-4-5-31-27(34-16)39-17-2-3-18(21(28)10-17)19-11-20-23(12-22(19)29)32-13-24-26(20)37(15-33-24)36-8-6-35(7-9-36)14-25(30)38/h2-5,10-13,15H,6-9,14H2,1H3,(H2,30,38). The lowest BCUT2D eigenvalue weighted by Gasteiger charge is -2.36. The van der Waals surface area contributed by atoms with Gasteiger partial charge in [0.25, 0.3) is 0 Å². The molecule has 0 spiro atoms. The summed E-state index contributed by atoms with van der Waals surface area (Å²) in [5.74, 6) is -0.351. The van der Waals surface area contributed by atoms with Gasteiger partial charge in [-0.3, -0.25) is 14.7 Å². The SMILES string of the molecule is Cc1ccnc(Oc2ccc(-c3cc4c(cc3F)ncc3ncn(N5CCN(CC(N)=O)CC5)c34)c(Cl)c2)n1. The van der Waals surface area contributed by atoms with Crippen LogP contribution in [0.15, 0.2) is 55.1 Å². The number of halogens is 2. The number of hydrogen-bond acceptors (Lipinski definition) is 8. The number of rotatable bonds is 6. The molecule has 6 rings (SSSR count). The molecule has 0 unspecified atom stereocenters. The summed E-state index contributed by atoms with van der Waals surface area (Å²) >= 11 is 6.62. The van der Waals surface area contributed by atoms with Crippen LogP contribution in [-0.4, -0.2) is 68.1 Å². The second-order valence-corrected chi connectivity index (χ2v) is 9.76. The largest absolute Gasteiger partial charge is 0.424 e. The Labute approximate surface area is 227 Å². The van der Waals surface area contributed by atoms with Gasteiger partial charge in [-0.1, -0.05) is 11.6 Å². The number of hydrogen-bond donors (Lipinski definition) is 1. The van der Waals surface area contributed by atoms with Crippen molar-refractivity contribution in [2.24, 2.45) is 5.73 Å². The monoisotopic (exact) mass is 546 g/mol. The Morgan fingerprint density at radius 3 is 2.62 bits per heavy atom. The Kier molecular flexibility index (Phi) is 6.45. The molecule has 0 saturated carbocycles. The molecule has 1 aliphatic heterocycles. The summed E-state index contributed by atoms with van der Waals surface area (Å²) in [6.45, 7) is 4.79. The fourth-order valence-corrected chi connectivity index (χ4v) is 5.08. The van der Waals surface area contributed by atoms with E-state index in [1.807, 2.05) is 16.5 Å². The van der Waals surface area contributed by atoms with E-state index in [1.165, 1.54) is 6.07 Å². The van der Waals surface area contributed by atoms with Gasteiger partial charge in [-0.15, -0.1) is 0 Å². The number of nitrogens with zero attached hydrogens (tertiary/aromatic N) is 7. The van der Waals surface area contributed by atoms with E-state index >= 15 is 4.39 Å². The smallest absolute Gasteiger partial charge is 0.322 e. The molecule has 4 heterocycles. The molecule has 39 heavy (non-hydrogen) atoms. The maximum atomic E-state index is 15.4. The third-order valence-electron chi connectivity index (χ3n) is 6.69. The van der Waals surface area contributed by atoms with Crippen LogP contribution in [0.25, 0.3) is 33.1 Å². The zero-order valence-electron chi connectivity index (χ0n) is 21.0. The van der Waals surface area contributed by atoms with Gasteiger partial charge in [0, 0.05) is 66.7 Å². The highest BCUT2D eigenvalue weighted by Gasteiger charge is 2.22. The lowest BCUT2D eigenvalue weighted by molar-refractivity contribution is -0.119. The molecule has 1 saturated heterocycles. The number of benzene rings is 2. The highest BCUT2D eigenvalue weighted by Crippen LogP contribution is 2.37. The maximum absolute atomic E-state index is 15.4. The molecule has 1 amide bonds.